The van der Waals surface area contributed by atoms with Gasteiger partial charge in [-0.15, -0.1) is 11.3 Å². The van der Waals surface area contributed by atoms with E-state index in [2.05, 4.69) is 10.3 Å². The summed E-state index contributed by atoms with van der Waals surface area (Å²) < 4.78 is 5.12. The lowest BCUT2D eigenvalue weighted by Crippen LogP contribution is -2.23. The van der Waals surface area contributed by atoms with Crippen LogP contribution in [0.4, 0.5) is 0 Å². The Bertz CT molecular complexity index is 925. The fourth-order valence-corrected chi connectivity index (χ4v) is 3.32. The minimum atomic E-state index is -1.09. The number of hydrogen-bond acceptors (Lipinski definition) is 5. The molecule has 3 aromatic rings. The molecule has 0 bridgehead atoms. The number of hydrogen-bond donors (Lipinski definition) is 2. The zero-order chi connectivity index (χ0) is 18.0. The predicted molar refractivity (Wildman–Crippen MR) is 93.9 cm³/mol. The highest BCUT2D eigenvalue weighted by molar-refractivity contribution is 7.17. The van der Waals surface area contributed by atoms with Crippen LogP contribution in [0.1, 0.15) is 37.0 Å². The third-order valence-corrected chi connectivity index (χ3v) is 4.89. The molecule has 0 aliphatic carbocycles. The Labute approximate surface area is 148 Å². The summed E-state index contributed by atoms with van der Waals surface area (Å²) in [6, 6.07) is 9.29. The number of carboxylic acid groups (broad SMARTS) is 1. The first-order chi connectivity index (χ1) is 12.0. The number of nitrogens with zero attached hydrogens (tertiary/aromatic N) is 1. The van der Waals surface area contributed by atoms with Gasteiger partial charge in [0.1, 0.15) is 21.2 Å². The fourth-order valence-electron chi connectivity index (χ4n) is 2.34. The number of carbonyl (C=O) groups excluding carboxylic acids is 1. The highest BCUT2D eigenvalue weighted by Gasteiger charge is 2.18. The number of aromatic carboxylic acids is 1. The van der Waals surface area contributed by atoms with Crippen molar-refractivity contribution in [3.05, 3.63) is 64.1 Å². The third kappa shape index (κ3) is 3.61. The van der Waals surface area contributed by atoms with Gasteiger partial charge in [-0.1, -0.05) is 29.8 Å². The first-order valence-electron chi connectivity index (χ1n) is 7.58. The molecule has 25 heavy (non-hydrogen) atoms. The largest absolute Gasteiger partial charge is 0.478 e. The van der Waals surface area contributed by atoms with Crippen LogP contribution in [-0.4, -0.2) is 22.0 Å². The summed E-state index contributed by atoms with van der Waals surface area (Å²) in [5, 5.41) is 12.5. The van der Waals surface area contributed by atoms with Crippen LogP contribution in [-0.2, 0) is 6.54 Å². The van der Waals surface area contributed by atoms with Crippen LogP contribution in [0.25, 0.3) is 10.6 Å². The number of carbonyl (C=O) groups is 2. The molecule has 0 unspecified atom stereocenters. The molecular formula is C18H16N2O4S. The lowest BCUT2D eigenvalue weighted by molar-refractivity contribution is 0.0693. The van der Waals surface area contributed by atoms with E-state index in [-0.39, 0.29) is 23.8 Å². The van der Waals surface area contributed by atoms with E-state index in [9.17, 15) is 9.59 Å². The maximum Gasteiger partial charge on any atom is 0.339 e. The van der Waals surface area contributed by atoms with Crippen LogP contribution in [0.3, 0.4) is 0 Å². The van der Waals surface area contributed by atoms with Gasteiger partial charge in [-0.2, -0.15) is 0 Å². The summed E-state index contributed by atoms with van der Waals surface area (Å²) in [6.07, 6.45) is 1.29. The van der Waals surface area contributed by atoms with E-state index in [1.807, 2.05) is 31.2 Å². The SMILES string of the molecule is Cc1ccc(-c2nc(C)c(C(=O)NCc3occc3C(=O)O)s2)cc1. The Balaban J connectivity index is 1.75. The summed E-state index contributed by atoms with van der Waals surface area (Å²) in [7, 11) is 0. The van der Waals surface area contributed by atoms with Crippen LogP contribution in [0.15, 0.2) is 41.0 Å². The van der Waals surface area contributed by atoms with Gasteiger partial charge in [-0.05, 0) is 19.9 Å². The van der Waals surface area contributed by atoms with Crippen molar-refractivity contribution in [1.82, 2.24) is 10.3 Å². The average Bonchev–Trinajstić information content (AvgIpc) is 3.20. The fraction of sp³-hybridized carbons (Fsp3) is 0.167. The molecule has 0 aliphatic heterocycles. The maximum absolute atomic E-state index is 12.4. The van der Waals surface area contributed by atoms with Gasteiger partial charge < -0.3 is 14.8 Å². The van der Waals surface area contributed by atoms with Gasteiger partial charge >= 0.3 is 5.97 Å². The molecule has 1 aromatic carbocycles. The maximum atomic E-state index is 12.4. The van der Waals surface area contributed by atoms with Gasteiger partial charge in [0, 0.05) is 5.56 Å². The topological polar surface area (TPSA) is 92.4 Å². The van der Waals surface area contributed by atoms with Crippen molar-refractivity contribution >= 4 is 23.2 Å². The van der Waals surface area contributed by atoms with E-state index in [1.54, 1.807) is 6.92 Å². The molecule has 0 saturated carbocycles. The smallest absolute Gasteiger partial charge is 0.339 e. The van der Waals surface area contributed by atoms with Gasteiger partial charge in [-0.3, -0.25) is 4.79 Å². The van der Waals surface area contributed by atoms with Crippen molar-refractivity contribution in [3.8, 4) is 10.6 Å². The number of rotatable bonds is 5. The Hall–Kier alpha value is -2.93. The van der Waals surface area contributed by atoms with Gasteiger partial charge in [0.05, 0.1) is 18.5 Å². The Morgan fingerprint density at radius 3 is 2.60 bits per heavy atom. The number of aryl methyl sites for hydroxylation is 2. The highest BCUT2D eigenvalue weighted by Crippen LogP contribution is 2.28. The first-order valence-corrected chi connectivity index (χ1v) is 8.39. The third-order valence-electron chi connectivity index (χ3n) is 3.69. The van der Waals surface area contributed by atoms with Gasteiger partial charge in [-0.25, -0.2) is 9.78 Å². The molecule has 0 spiro atoms. The summed E-state index contributed by atoms with van der Waals surface area (Å²) in [6.45, 7) is 3.79. The minimum Gasteiger partial charge on any atom is -0.478 e. The average molecular weight is 356 g/mol. The molecule has 0 radical (unpaired) electrons. The molecule has 0 aliphatic rings. The number of aromatic nitrogens is 1. The molecule has 3 rings (SSSR count). The predicted octanol–water partition coefficient (Wildman–Crippen LogP) is 3.65. The van der Waals surface area contributed by atoms with Crippen molar-refractivity contribution in [1.29, 1.82) is 0 Å². The quantitative estimate of drug-likeness (QED) is 0.728. The van der Waals surface area contributed by atoms with E-state index < -0.39 is 5.97 Å². The van der Waals surface area contributed by atoms with Crippen molar-refractivity contribution in [2.45, 2.75) is 20.4 Å². The first kappa shape index (κ1) is 16.9. The molecular weight excluding hydrogens is 340 g/mol. The van der Waals surface area contributed by atoms with Gasteiger partial charge in [0.2, 0.25) is 0 Å². The Kier molecular flexibility index (Phi) is 4.67. The zero-order valence-electron chi connectivity index (χ0n) is 13.7. The standard InChI is InChI=1S/C18H16N2O4S/c1-10-3-5-12(6-4-10)17-20-11(2)15(25-17)16(21)19-9-14-13(18(22)23)7-8-24-14/h3-8H,9H2,1-2H3,(H,19,21)(H,22,23). The van der Waals surface area contributed by atoms with Crippen LogP contribution in [0.5, 0.6) is 0 Å². The second-order valence-corrected chi connectivity index (χ2v) is 6.54. The van der Waals surface area contributed by atoms with Crippen molar-refractivity contribution in [2.24, 2.45) is 0 Å². The molecule has 2 aromatic heterocycles. The van der Waals surface area contributed by atoms with Crippen LogP contribution < -0.4 is 5.32 Å². The number of carboxylic acids is 1. The Morgan fingerprint density at radius 1 is 1.20 bits per heavy atom. The van der Waals surface area contributed by atoms with E-state index in [4.69, 9.17) is 9.52 Å². The van der Waals surface area contributed by atoms with Crippen LogP contribution >= 0.6 is 11.3 Å². The second kappa shape index (κ2) is 6.90. The van der Waals surface area contributed by atoms with E-state index in [1.165, 1.54) is 23.7 Å². The number of thiazole rings is 1. The van der Waals surface area contributed by atoms with Crippen LogP contribution in [0, 0.1) is 13.8 Å². The summed E-state index contributed by atoms with van der Waals surface area (Å²) >= 11 is 1.30. The second-order valence-electron chi connectivity index (χ2n) is 5.54. The number of amides is 1. The zero-order valence-corrected chi connectivity index (χ0v) is 14.5. The molecule has 1 amide bonds. The number of nitrogens with one attached hydrogen (secondary N) is 1. The normalized spacial score (nSPS) is 10.6. The number of furan rings is 1. The molecule has 0 saturated heterocycles. The molecule has 0 fully saturated rings. The van der Waals surface area contributed by atoms with E-state index in [0.717, 1.165) is 16.1 Å². The lowest BCUT2D eigenvalue weighted by atomic mass is 10.2. The van der Waals surface area contributed by atoms with Gasteiger partial charge in [0.25, 0.3) is 5.91 Å². The van der Waals surface area contributed by atoms with E-state index in [0.29, 0.717) is 10.6 Å². The van der Waals surface area contributed by atoms with Crippen LogP contribution in [0.2, 0.25) is 0 Å². The summed E-state index contributed by atoms with van der Waals surface area (Å²) in [4.78, 5) is 28.4. The Morgan fingerprint density at radius 2 is 1.92 bits per heavy atom. The lowest BCUT2D eigenvalue weighted by Gasteiger charge is -2.02. The van der Waals surface area contributed by atoms with E-state index >= 15 is 0 Å². The van der Waals surface area contributed by atoms with Crippen molar-refractivity contribution < 1.29 is 19.1 Å². The summed E-state index contributed by atoms with van der Waals surface area (Å²) in [5.74, 6) is -1.18. The molecule has 7 heteroatoms. The minimum absolute atomic E-state index is 0.00463. The monoisotopic (exact) mass is 356 g/mol. The van der Waals surface area contributed by atoms with Crippen molar-refractivity contribution in [2.75, 3.05) is 0 Å². The molecule has 6 nitrogen and oxygen atoms in total. The highest BCUT2D eigenvalue weighted by atomic mass is 32.1. The molecule has 2 heterocycles. The molecule has 128 valence electrons. The molecule has 2 N–H and O–H groups in total. The summed E-state index contributed by atoms with van der Waals surface area (Å²) in [5.41, 5.74) is 2.79. The number of benzene rings is 1. The van der Waals surface area contributed by atoms with Crippen molar-refractivity contribution in [3.63, 3.8) is 0 Å². The molecule has 0 atom stereocenters. The van der Waals surface area contributed by atoms with Gasteiger partial charge in [0.15, 0.2) is 0 Å².